The van der Waals surface area contributed by atoms with Gasteiger partial charge in [-0.15, -0.1) is 0 Å². The minimum absolute atomic E-state index is 0.0861. The number of hydrogen-bond acceptors (Lipinski definition) is 4. The van der Waals surface area contributed by atoms with Crippen LogP contribution in [0.5, 0.6) is 0 Å². The van der Waals surface area contributed by atoms with E-state index in [9.17, 15) is 14.7 Å². The van der Waals surface area contributed by atoms with Crippen LogP contribution in [0.1, 0.15) is 32.6 Å². The van der Waals surface area contributed by atoms with E-state index >= 15 is 0 Å². The number of rotatable bonds is 7. The lowest BCUT2D eigenvalue weighted by molar-refractivity contribution is -0.137. The van der Waals surface area contributed by atoms with Crippen LogP contribution in [0.15, 0.2) is 0 Å². The fourth-order valence-corrected chi connectivity index (χ4v) is 2.00. The summed E-state index contributed by atoms with van der Waals surface area (Å²) in [5.41, 5.74) is 0. The molecular formula is C12H22N2O4. The average Bonchev–Trinajstić information content (AvgIpc) is 2.73. The van der Waals surface area contributed by atoms with Crippen LogP contribution in [-0.2, 0) is 9.59 Å². The first kappa shape index (κ1) is 14.9. The molecule has 1 aliphatic rings. The highest BCUT2D eigenvalue weighted by molar-refractivity contribution is 5.82. The molecule has 104 valence electrons. The Morgan fingerprint density at radius 2 is 2.17 bits per heavy atom. The highest BCUT2D eigenvalue weighted by Gasteiger charge is 2.27. The lowest BCUT2D eigenvalue weighted by atomic mass is 10.0. The molecule has 1 heterocycles. The Labute approximate surface area is 107 Å². The summed E-state index contributed by atoms with van der Waals surface area (Å²) in [6.07, 6.45) is 1.60. The Hall–Kier alpha value is -1.14. The SMILES string of the molecule is CC(CCNC(=O)C1CC(O)CN1)CCC(=O)O. The molecule has 0 radical (unpaired) electrons. The molecule has 3 unspecified atom stereocenters. The van der Waals surface area contributed by atoms with E-state index in [1.807, 2.05) is 6.92 Å². The monoisotopic (exact) mass is 258 g/mol. The molecule has 0 aromatic rings. The van der Waals surface area contributed by atoms with Crippen LogP contribution in [0.4, 0.5) is 0 Å². The quantitative estimate of drug-likeness (QED) is 0.503. The summed E-state index contributed by atoms with van der Waals surface area (Å²) in [6.45, 7) is 2.99. The van der Waals surface area contributed by atoms with Crippen LogP contribution in [0.3, 0.4) is 0 Å². The van der Waals surface area contributed by atoms with Crippen LogP contribution >= 0.6 is 0 Å². The summed E-state index contributed by atoms with van der Waals surface area (Å²) in [5.74, 6) is -0.587. The number of carbonyl (C=O) groups is 2. The maximum Gasteiger partial charge on any atom is 0.303 e. The van der Waals surface area contributed by atoms with Crippen molar-refractivity contribution in [1.29, 1.82) is 0 Å². The van der Waals surface area contributed by atoms with Gasteiger partial charge in [0.25, 0.3) is 0 Å². The van der Waals surface area contributed by atoms with E-state index in [1.165, 1.54) is 0 Å². The molecule has 18 heavy (non-hydrogen) atoms. The van der Waals surface area contributed by atoms with Crippen molar-refractivity contribution < 1.29 is 19.8 Å². The zero-order chi connectivity index (χ0) is 13.5. The third-order valence-electron chi connectivity index (χ3n) is 3.21. The molecule has 1 fully saturated rings. The van der Waals surface area contributed by atoms with Gasteiger partial charge in [0.1, 0.15) is 0 Å². The first-order chi connectivity index (χ1) is 8.49. The normalized spacial score (nSPS) is 24.8. The Balaban J connectivity index is 2.09. The molecule has 0 aromatic heterocycles. The number of nitrogens with one attached hydrogen (secondary N) is 2. The number of aliphatic hydroxyl groups is 1. The van der Waals surface area contributed by atoms with Crippen molar-refractivity contribution >= 4 is 11.9 Å². The molecule has 0 saturated carbocycles. The number of amides is 1. The van der Waals surface area contributed by atoms with Crippen LogP contribution < -0.4 is 10.6 Å². The maximum absolute atomic E-state index is 11.7. The van der Waals surface area contributed by atoms with E-state index in [-0.39, 0.29) is 24.3 Å². The van der Waals surface area contributed by atoms with Gasteiger partial charge < -0.3 is 20.8 Å². The van der Waals surface area contributed by atoms with Gasteiger partial charge in [-0.2, -0.15) is 0 Å². The minimum Gasteiger partial charge on any atom is -0.481 e. The topological polar surface area (TPSA) is 98.7 Å². The lowest BCUT2D eigenvalue weighted by Crippen LogP contribution is -2.41. The van der Waals surface area contributed by atoms with Crippen LogP contribution in [0.2, 0.25) is 0 Å². The summed E-state index contributed by atoms with van der Waals surface area (Å²) in [4.78, 5) is 22.0. The predicted octanol–water partition coefficient (Wildman–Crippen LogP) is -0.284. The largest absolute Gasteiger partial charge is 0.481 e. The van der Waals surface area contributed by atoms with Crippen molar-refractivity contribution in [1.82, 2.24) is 10.6 Å². The van der Waals surface area contributed by atoms with Crippen molar-refractivity contribution in [2.45, 2.75) is 44.8 Å². The molecule has 6 heteroatoms. The van der Waals surface area contributed by atoms with Crippen molar-refractivity contribution in [2.75, 3.05) is 13.1 Å². The summed E-state index contributed by atoms with van der Waals surface area (Å²) >= 11 is 0. The molecule has 3 atom stereocenters. The molecule has 1 aliphatic heterocycles. The number of aliphatic hydroxyl groups excluding tert-OH is 1. The van der Waals surface area contributed by atoms with E-state index in [2.05, 4.69) is 10.6 Å². The number of carboxylic acids is 1. The van der Waals surface area contributed by atoms with Crippen LogP contribution in [-0.4, -0.2) is 47.3 Å². The molecule has 1 rings (SSSR count). The summed E-state index contributed by atoms with van der Waals surface area (Å²) in [7, 11) is 0. The first-order valence-electron chi connectivity index (χ1n) is 6.40. The van der Waals surface area contributed by atoms with Crippen molar-refractivity contribution in [2.24, 2.45) is 5.92 Å². The molecule has 4 N–H and O–H groups in total. The maximum atomic E-state index is 11.7. The second kappa shape index (κ2) is 7.33. The zero-order valence-corrected chi connectivity index (χ0v) is 10.7. The Morgan fingerprint density at radius 1 is 1.44 bits per heavy atom. The highest BCUT2D eigenvalue weighted by Crippen LogP contribution is 2.10. The molecule has 0 aliphatic carbocycles. The molecule has 0 aromatic carbocycles. The smallest absolute Gasteiger partial charge is 0.303 e. The summed E-state index contributed by atoms with van der Waals surface area (Å²) in [5, 5.41) is 23.6. The van der Waals surface area contributed by atoms with Crippen molar-refractivity contribution in [3.05, 3.63) is 0 Å². The number of aliphatic carboxylic acids is 1. The fourth-order valence-electron chi connectivity index (χ4n) is 2.00. The van der Waals surface area contributed by atoms with E-state index in [4.69, 9.17) is 5.11 Å². The van der Waals surface area contributed by atoms with Gasteiger partial charge in [0, 0.05) is 19.5 Å². The molecule has 0 spiro atoms. The minimum atomic E-state index is -0.782. The molecular weight excluding hydrogens is 236 g/mol. The van der Waals surface area contributed by atoms with Gasteiger partial charge in [0.05, 0.1) is 12.1 Å². The van der Waals surface area contributed by atoms with Gasteiger partial charge in [-0.1, -0.05) is 6.92 Å². The second-order valence-electron chi connectivity index (χ2n) is 4.97. The van der Waals surface area contributed by atoms with E-state index in [1.54, 1.807) is 0 Å². The Kier molecular flexibility index (Phi) is 6.07. The van der Waals surface area contributed by atoms with E-state index < -0.39 is 12.1 Å². The molecule has 0 bridgehead atoms. The van der Waals surface area contributed by atoms with E-state index in [0.29, 0.717) is 25.9 Å². The lowest BCUT2D eigenvalue weighted by Gasteiger charge is -2.13. The highest BCUT2D eigenvalue weighted by atomic mass is 16.4. The third kappa shape index (κ3) is 5.46. The predicted molar refractivity (Wildman–Crippen MR) is 66.1 cm³/mol. The van der Waals surface area contributed by atoms with Gasteiger partial charge in [0.15, 0.2) is 0 Å². The fraction of sp³-hybridized carbons (Fsp3) is 0.833. The van der Waals surface area contributed by atoms with Gasteiger partial charge in [0.2, 0.25) is 5.91 Å². The van der Waals surface area contributed by atoms with Gasteiger partial charge in [-0.25, -0.2) is 0 Å². The average molecular weight is 258 g/mol. The summed E-state index contributed by atoms with van der Waals surface area (Å²) in [6, 6.07) is -0.297. The Morgan fingerprint density at radius 3 is 2.72 bits per heavy atom. The molecule has 1 amide bonds. The molecule has 6 nitrogen and oxygen atoms in total. The second-order valence-corrected chi connectivity index (χ2v) is 4.97. The standard InChI is InChI=1S/C12H22N2O4/c1-8(2-3-11(16)17)4-5-13-12(18)10-6-9(15)7-14-10/h8-10,14-15H,2-7H2,1H3,(H,13,18)(H,16,17). The summed E-state index contributed by atoms with van der Waals surface area (Å²) < 4.78 is 0. The van der Waals surface area contributed by atoms with Gasteiger partial charge in [-0.05, 0) is 25.2 Å². The first-order valence-corrected chi connectivity index (χ1v) is 6.40. The third-order valence-corrected chi connectivity index (χ3v) is 3.21. The number of carbonyl (C=O) groups excluding carboxylic acids is 1. The van der Waals surface area contributed by atoms with Crippen LogP contribution in [0, 0.1) is 5.92 Å². The van der Waals surface area contributed by atoms with Gasteiger partial charge in [-0.3, -0.25) is 9.59 Å². The van der Waals surface area contributed by atoms with Crippen LogP contribution in [0.25, 0.3) is 0 Å². The van der Waals surface area contributed by atoms with Crippen molar-refractivity contribution in [3.8, 4) is 0 Å². The number of hydrogen-bond donors (Lipinski definition) is 4. The Bertz CT molecular complexity index is 296. The zero-order valence-electron chi connectivity index (χ0n) is 10.7. The van der Waals surface area contributed by atoms with E-state index in [0.717, 1.165) is 6.42 Å². The van der Waals surface area contributed by atoms with Gasteiger partial charge >= 0.3 is 5.97 Å². The van der Waals surface area contributed by atoms with Crippen molar-refractivity contribution in [3.63, 3.8) is 0 Å². The molecule has 1 saturated heterocycles. The number of carboxylic acid groups (broad SMARTS) is 1. The number of β-amino-alcohol motifs (C(OH)–C–C–N with tert-alkyl or cyclic N) is 1.